The highest BCUT2D eigenvalue weighted by molar-refractivity contribution is 5.71. The van der Waals surface area contributed by atoms with Crippen molar-refractivity contribution in [3.05, 3.63) is 24.0 Å². The summed E-state index contributed by atoms with van der Waals surface area (Å²) in [7, 11) is 0. The Labute approximate surface area is 101 Å². The van der Waals surface area contributed by atoms with Gasteiger partial charge in [0.1, 0.15) is 5.75 Å². The van der Waals surface area contributed by atoms with Crippen molar-refractivity contribution in [3.8, 4) is 5.75 Å². The average Bonchev–Trinajstić information content (AvgIpc) is 2.79. The number of aliphatic carboxylic acids is 1. The van der Waals surface area contributed by atoms with E-state index < -0.39 is 5.97 Å². The Morgan fingerprint density at radius 2 is 2.35 bits per heavy atom. The third-order valence-corrected chi connectivity index (χ3v) is 3.31. The zero-order chi connectivity index (χ0) is 12.3. The predicted molar refractivity (Wildman–Crippen MR) is 63.1 cm³/mol. The Hall–Kier alpha value is -1.58. The van der Waals surface area contributed by atoms with Gasteiger partial charge in [-0.05, 0) is 37.3 Å². The molecule has 1 heterocycles. The first kappa shape index (κ1) is 11.9. The number of aromatic nitrogens is 1. The molecule has 1 aromatic rings. The van der Waals surface area contributed by atoms with Crippen molar-refractivity contribution >= 4 is 5.97 Å². The fourth-order valence-corrected chi connectivity index (χ4v) is 2.54. The largest absolute Gasteiger partial charge is 0.492 e. The molecule has 0 amide bonds. The molecule has 92 valence electrons. The summed E-state index contributed by atoms with van der Waals surface area (Å²) in [5, 5.41) is 9.17. The van der Waals surface area contributed by atoms with Gasteiger partial charge in [0.05, 0.1) is 18.7 Å². The van der Waals surface area contributed by atoms with Crippen LogP contribution in [0, 0.1) is 5.92 Å². The number of nitrogens with zero attached hydrogens (tertiary/aromatic N) is 1. The van der Waals surface area contributed by atoms with Gasteiger partial charge >= 0.3 is 5.97 Å². The Morgan fingerprint density at radius 3 is 3.06 bits per heavy atom. The van der Waals surface area contributed by atoms with E-state index in [0.717, 1.165) is 30.6 Å². The van der Waals surface area contributed by atoms with Crippen molar-refractivity contribution in [2.75, 3.05) is 6.61 Å². The van der Waals surface area contributed by atoms with Crippen LogP contribution < -0.4 is 4.74 Å². The lowest BCUT2D eigenvalue weighted by molar-refractivity contribution is -0.142. The number of carboxylic acids is 1. The van der Waals surface area contributed by atoms with E-state index >= 15 is 0 Å². The minimum Gasteiger partial charge on any atom is -0.492 e. The smallest absolute Gasteiger partial charge is 0.307 e. The molecule has 1 saturated carbocycles. The van der Waals surface area contributed by atoms with Crippen molar-refractivity contribution in [1.82, 2.24) is 4.98 Å². The number of carbonyl (C=O) groups is 1. The molecule has 1 aliphatic rings. The van der Waals surface area contributed by atoms with Crippen LogP contribution in [0.15, 0.2) is 18.5 Å². The van der Waals surface area contributed by atoms with Gasteiger partial charge in [0, 0.05) is 6.20 Å². The van der Waals surface area contributed by atoms with E-state index in [1.807, 2.05) is 13.0 Å². The topological polar surface area (TPSA) is 59.4 Å². The SMILES string of the molecule is CCOc1cncc(C2CCCC2C(=O)O)c1. The Balaban J connectivity index is 2.21. The lowest BCUT2D eigenvalue weighted by atomic mass is 9.90. The van der Waals surface area contributed by atoms with Crippen LogP contribution in [-0.4, -0.2) is 22.7 Å². The lowest BCUT2D eigenvalue weighted by Gasteiger charge is -2.16. The van der Waals surface area contributed by atoms with Crippen LogP contribution in [-0.2, 0) is 4.79 Å². The summed E-state index contributed by atoms with van der Waals surface area (Å²) < 4.78 is 5.39. The highest BCUT2D eigenvalue weighted by atomic mass is 16.5. The van der Waals surface area contributed by atoms with Gasteiger partial charge in [0.25, 0.3) is 0 Å². The van der Waals surface area contributed by atoms with Crippen LogP contribution in [0.2, 0.25) is 0 Å². The van der Waals surface area contributed by atoms with Gasteiger partial charge in [-0.2, -0.15) is 0 Å². The van der Waals surface area contributed by atoms with Gasteiger partial charge < -0.3 is 9.84 Å². The molecule has 2 rings (SSSR count). The van der Waals surface area contributed by atoms with Crippen molar-refractivity contribution in [2.45, 2.75) is 32.1 Å². The molecule has 1 fully saturated rings. The third-order valence-electron chi connectivity index (χ3n) is 3.31. The van der Waals surface area contributed by atoms with Crippen LogP contribution in [0.4, 0.5) is 0 Å². The molecule has 0 saturated heterocycles. The van der Waals surface area contributed by atoms with Crippen molar-refractivity contribution in [3.63, 3.8) is 0 Å². The minimum atomic E-state index is -0.700. The van der Waals surface area contributed by atoms with E-state index in [4.69, 9.17) is 9.84 Å². The molecule has 0 radical (unpaired) electrons. The third kappa shape index (κ3) is 2.57. The number of rotatable bonds is 4. The van der Waals surface area contributed by atoms with Gasteiger partial charge in [0.2, 0.25) is 0 Å². The fraction of sp³-hybridized carbons (Fsp3) is 0.538. The second-order valence-electron chi connectivity index (χ2n) is 4.37. The standard InChI is InChI=1S/C13H17NO3/c1-2-17-10-6-9(7-14-8-10)11-4-3-5-12(11)13(15)16/h6-8,11-12H,2-5H2,1H3,(H,15,16). The van der Waals surface area contributed by atoms with Gasteiger partial charge in [-0.3, -0.25) is 9.78 Å². The summed E-state index contributed by atoms with van der Waals surface area (Å²) in [5.74, 6) is -0.163. The van der Waals surface area contributed by atoms with E-state index in [0.29, 0.717) is 6.61 Å². The van der Waals surface area contributed by atoms with Gasteiger partial charge in [0.15, 0.2) is 0 Å². The maximum absolute atomic E-state index is 11.1. The van der Waals surface area contributed by atoms with Crippen LogP contribution in [0.25, 0.3) is 0 Å². The van der Waals surface area contributed by atoms with E-state index in [1.54, 1.807) is 12.4 Å². The summed E-state index contributed by atoms with van der Waals surface area (Å²) in [4.78, 5) is 15.3. The predicted octanol–water partition coefficient (Wildman–Crippen LogP) is 2.45. The molecule has 1 N–H and O–H groups in total. The first-order valence-corrected chi connectivity index (χ1v) is 6.03. The second kappa shape index (κ2) is 5.17. The van der Waals surface area contributed by atoms with Crippen molar-refractivity contribution < 1.29 is 14.6 Å². The van der Waals surface area contributed by atoms with E-state index in [9.17, 15) is 4.79 Å². The molecule has 2 atom stereocenters. The van der Waals surface area contributed by atoms with Crippen LogP contribution >= 0.6 is 0 Å². The molecule has 1 aliphatic carbocycles. The number of hydrogen-bond donors (Lipinski definition) is 1. The Bertz CT molecular complexity index is 405. The number of carboxylic acid groups (broad SMARTS) is 1. The molecule has 0 spiro atoms. The molecular weight excluding hydrogens is 218 g/mol. The molecule has 17 heavy (non-hydrogen) atoms. The first-order chi connectivity index (χ1) is 8.22. The molecular formula is C13H17NO3. The maximum atomic E-state index is 11.1. The maximum Gasteiger partial charge on any atom is 0.307 e. The number of ether oxygens (including phenoxy) is 1. The minimum absolute atomic E-state index is 0.0837. The van der Waals surface area contributed by atoms with E-state index in [1.165, 1.54) is 0 Å². The molecule has 0 aromatic carbocycles. The number of pyridine rings is 1. The number of hydrogen-bond acceptors (Lipinski definition) is 3. The highest BCUT2D eigenvalue weighted by Gasteiger charge is 2.34. The normalized spacial score (nSPS) is 23.6. The molecule has 4 nitrogen and oxygen atoms in total. The summed E-state index contributed by atoms with van der Waals surface area (Å²) >= 11 is 0. The monoisotopic (exact) mass is 235 g/mol. The Kier molecular flexibility index (Phi) is 3.61. The lowest BCUT2D eigenvalue weighted by Crippen LogP contribution is -2.17. The average molecular weight is 235 g/mol. The molecule has 2 unspecified atom stereocenters. The van der Waals surface area contributed by atoms with Gasteiger partial charge in [-0.25, -0.2) is 0 Å². The molecule has 1 aromatic heterocycles. The quantitative estimate of drug-likeness (QED) is 0.870. The molecule has 0 bridgehead atoms. The van der Waals surface area contributed by atoms with Crippen LogP contribution in [0.3, 0.4) is 0 Å². The van der Waals surface area contributed by atoms with Crippen molar-refractivity contribution in [2.24, 2.45) is 5.92 Å². The summed E-state index contributed by atoms with van der Waals surface area (Å²) in [5.41, 5.74) is 0.987. The zero-order valence-electron chi connectivity index (χ0n) is 9.93. The zero-order valence-corrected chi connectivity index (χ0v) is 9.93. The van der Waals surface area contributed by atoms with Crippen LogP contribution in [0.5, 0.6) is 5.75 Å². The van der Waals surface area contributed by atoms with Gasteiger partial charge in [-0.1, -0.05) is 6.42 Å². The summed E-state index contributed by atoms with van der Waals surface area (Å²) in [6.07, 6.45) is 6.08. The molecule has 0 aliphatic heterocycles. The summed E-state index contributed by atoms with van der Waals surface area (Å²) in [6.45, 7) is 2.51. The van der Waals surface area contributed by atoms with Crippen LogP contribution in [0.1, 0.15) is 37.7 Å². The van der Waals surface area contributed by atoms with Gasteiger partial charge in [-0.15, -0.1) is 0 Å². The summed E-state index contributed by atoms with van der Waals surface area (Å²) in [6, 6.07) is 1.92. The second-order valence-corrected chi connectivity index (χ2v) is 4.37. The fourth-order valence-electron chi connectivity index (χ4n) is 2.54. The Morgan fingerprint density at radius 1 is 1.53 bits per heavy atom. The highest BCUT2D eigenvalue weighted by Crippen LogP contribution is 2.40. The van der Waals surface area contributed by atoms with E-state index in [-0.39, 0.29) is 11.8 Å². The van der Waals surface area contributed by atoms with Crippen molar-refractivity contribution in [1.29, 1.82) is 0 Å². The molecule has 4 heteroatoms. The first-order valence-electron chi connectivity index (χ1n) is 6.03. The van der Waals surface area contributed by atoms with E-state index in [2.05, 4.69) is 4.98 Å².